The number of benzene rings is 20. The number of para-hydroxylation sites is 1. The summed E-state index contributed by atoms with van der Waals surface area (Å²) >= 11 is 33.4. The van der Waals surface area contributed by atoms with Crippen molar-refractivity contribution in [1.29, 1.82) is 0 Å². The summed E-state index contributed by atoms with van der Waals surface area (Å²) in [4.78, 5) is 34.7. The van der Waals surface area contributed by atoms with Crippen LogP contribution in [0.3, 0.4) is 0 Å². The molecular weight excluding hydrogens is 1740 g/mol. The molecule has 22 rings (SSSR count). The van der Waals surface area contributed by atoms with E-state index in [1.807, 2.05) is 170 Å². The summed E-state index contributed by atoms with van der Waals surface area (Å²) in [6, 6.07) is 129. The van der Waals surface area contributed by atoms with Crippen molar-refractivity contribution in [2.45, 2.75) is 6.92 Å². The van der Waals surface area contributed by atoms with E-state index in [-0.39, 0.29) is 5.28 Å². The van der Waals surface area contributed by atoms with E-state index < -0.39 is 7.12 Å². The number of methoxy groups -OCH3 is 1. The van der Waals surface area contributed by atoms with E-state index in [9.17, 15) is 9.59 Å². The number of rotatable bonds is 9. The number of carbonyl (C=O) groups excluding carboxylic acids is 2. The molecule has 0 radical (unpaired) electrons. The molecule has 0 fully saturated rings. The lowest BCUT2D eigenvalue weighted by atomic mass is 9.79. The van der Waals surface area contributed by atoms with E-state index >= 15 is 0 Å². The van der Waals surface area contributed by atoms with Gasteiger partial charge in [-0.05, 0) is 240 Å². The summed E-state index contributed by atoms with van der Waals surface area (Å²) in [5.41, 5.74) is 11.7. The second kappa shape index (κ2) is 40.5. The normalized spacial score (nSPS) is 10.9. The first-order valence-corrected chi connectivity index (χ1v) is 43.4. The zero-order valence-corrected chi connectivity index (χ0v) is 73.8. The Kier molecular flexibility index (Phi) is 27.7. The lowest BCUT2D eigenvalue weighted by Crippen LogP contribution is -2.29. The van der Waals surface area contributed by atoms with Crippen LogP contribution in [0.15, 0.2) is 403 Å². The molecule has 0 saturated heterocycles. The van der Waals surface area contributed by atoms with Crippen LogP contribution in [0.1, 0.15) is 31.8 Å². The Bertz CT molecular complexity index is 7710. The standard InChI is InChI=1S/C21H12ClN3O.C19H15ClO.C19H14.C18H11Cl.C17H11ClO.C10H9BO2.C7H4BrClO/c22-21-24-19(13-7-2-1-3-8-13)23-20(25-21)15-10-6-12-17-18(15)14-9-4-5-11-16(14)26-17;1-21-11-10-15-8-9-18(20)13-19(15)17-7-6-14-4-2-3-5-16(14)12-17;1-13-6-7-15-9-10-17-16-5-3-2-4-14(16)8-11-18(17)19(15)12-13;19-14-8-5-13-7-9-16-15-4-2-1-3-12(15)6-10-17(16)18(13)11-14;18-16-8-7-15(11-19)17(10-16)14-6-5-12-3-1-2-4-13(12)9-14;12-11(13)10-6-5-8-3-1-2-4-9(8)7-10;8-7-3-6(9)2-1-5(7)4-10/h1-12H;2-13H,1H3;2-12H,1H3;2*1-11H;1-7,12-13H;1-4H/b;11-10-;;;;;. The number of furan rings is 1. The van der Waals surface area contributed by atoms with E-state index in [1.54, 1.807) is 55.8 Å². The van der Waals surface area contributed by atoms with Crippen LogP contribution in [0, 0.1) is 6.92 Å². The van der Waals surface area contributed by atoms with Gasteiger partial charge in [0.25, 0.3) is 0 Å². The Balaban J connectivity index is 0.000000111. The maximum absolute atomic E-state index is 11.1. The molecule has 0 spiro atoms. The molecule has 2 aromatic heterocycles. The highest BCUT2D eigenvalue weighted by atomic mass is 79.9. The van der Waals surface area contributed by atoms with Gasteiger partial charge in [-0.1, -0.05) is 371 Å². The quantitative estimate of drug-likeness (QED) is 0.0627. The van der Waals surface area contributed by atoms with Crippen LogP contribution in [0.4, 0.5) is 0 Å². The van der Waals surface area contributed by atoms with Gasteiger partial charge in [-0.15, -0.1) is 0 Å². The van der Waals surface area contributed by atoms with Crippen molar-refractivity contribution in [3.05, 3.63) is 447 Å². The number of halogens is 6. The average molecular weight is 1820 g/mol. The topological polar surface area (TPSA) is 136 Å². The second-order valence-electron chi connectivity index (χ2n) is 29.9. The molecule has 616 valence electrons. The minimum atomic E-state index is -1.38. The van der Waals surface area contributed by atoms with Gasteiger partial charge < -0.3 is 19.2 Å². The number of hydrogen-bond acceptors (Lipinski definition) is 9. The minimum absolute atomic E-state index is 0.165. The average Bonchev–Trinajstić information content (AvgIpc) is 1.75. The van der Waals surface area contributed by atoms with Crippen molar-refractivity contribution in [1.82, 2.24) is 15.0 Å². The Hall–Kier alpha value is -13.7. The third-order valence-corrected chi connectivity index (χ3v) is 23.5. The summed E-state index contributed by atoms with van der Waals surface area (Å²) in [6.07, 6.45) is 5.26. The third kappa shape index (κ3) is 20.5. The van der Waals surface area contributed by atoms with E-state index in [1.165, 1.54) is 86.4 Å². The van der Waals surface area contributed by atoms with Crippen LogP contribution >= 0.6 is 73.9 Å². The fraction of sp³-hybridized carbons (Fsp3) is 0.0180. The molecular formula is C111H76BBrCl5N3O6. The fourth-order valence-electron chi connectivity index (χ4n) is 15.5. The maximum Gasteiger partial charge on any atom is 0.488 e. The molecule has 2 N–H and O–H groups in total. The lowest BCUT2D eigenvalue weighted by molar-refractivity contribution is 0.111. The van der Waals surface area contributed by atoms with E-state index in [0.29, 0.717) is 38.3 Å². The summed E-state index contributed by atoms with van der Waals surface area (Å²) in [5.74, 6) is 1.08. The number of aryl methyl sites for hydroxylation is 1. The molecule has 9 nitrogen and oxygen atoms in total. The highest BCUT2D eigenvalue weighted by Crippen LogP contribution is 2.39. The molecule has 0 atom stereocenters. The van der Waals surface area contributed by atoms with Gasteiger partial charge in [-0.2, -0.15) is 9.97 Å². The zero-order chi connectivity index (χ0) is 87.9. The molecule has 0 amide bonds. The lowest BCUT2D eigenvalue weighted by Gasteiger charge is -2.09. The van der Waals surface area contributed by atoms with Crippen LogP contribution in [0.2, 0.25) is 25.4 Å². The van der Waals surface area contributed by atoms with Crippen LogP contribution in [-0.2, 0) is 4.74 Å². The smallest absolute Gasteiger partial charge is 0.488 e. The van der Waals surface area contributed by atoms with E-state index in [2.05, 4.69) is 220 Å². The maximum atomic E-state index is 11.1. The molecule has 0 aliphatic carbocycles. The summed E-state index contributed by atoms with van der Waals surface area (Å²) in [5, 5.41) is 45.3. The third-order valence-electron chi connectivity index (χ3n) is 21.7. The predicted octanol–water partition coefficient (Wildman–Crippen LogP) is 31.2. The van der Waals surface area contributed by atoms with Gasteiger partial charge in [0.2, 0.25) is 5.28 Å². The van der Waals surface area contributed by atoms with Gasteiger partial charge in [0, 0.05) is 57.6 Å². The van der Waals surface area contributed by atoms with Gasteiger partial charge >= 0.3 is 7.12 Å². The fourth-order valence-corrected chi connectivity index (χ4v) is 16.9. The van der Waals surface area contributed by atoms with Crippen LogP contribution in [0.5, 0.6) is 0 Å². The van der Waals surface area contributed by atoms with E-state index in [0.717, 1.165) is 104 Å². The first kappa shape index (κ1) is 86.8. The number of hydrogen-bond donors (Lipinski definition) is 2. The molecule has 0 aliphatic heterocycles. The van der Waals surface area contributed by atoms with Crippen LogP contribution in [-0.4, -0.2) is 51.8 Å². The number of aromatic nitrogens is 3. The van der Waals surface area contributed by atoms with Crippen LogP contribution in [0.25, 0.3) is 170 Å². The number of fused-ring (bicyclic) bond motifs is 16. The monoisotopic (exact) mass is 1810 g/mol. The number of ether oxygens (including phenoxy) is 1. The number of nitrogens with zero attached hydrogens (tertiary/aromatic N) is 3. The Morgan fingerprint density at radius 1 is 0.323 bits per heavy atom. The molecule has 0 saturated carbocycles. The highest BCUT2D eigenvalue weighted by Gasteiger charge is 2.18. The van der Waals surface area contributed by atoms with Crippen molar-refractivity contribution in [3.63, 3.8) is 0 Å². The molecule has 2 heterocycles. The second-order valence-corrected chi connectivity index (χ2v) is 32.8. The highest BCUT2D eigenvalue weighted by molar-refractivity contribution is 9.10. The van der Waals surface area contributed by atoms with Gasteiger partial charge in [-0.25, -0.2) is 4.98 Å². The van der Waals surface area contributed by atoms with Crippen molar-refractivity contribution in [3.8, 4) is 45.0 Å². The Morgan fingerprint density at radius 3 is 1.30 bits per heavy atom. The molecule has 20 aromatic carbocycles. The molecule has 16 heteroatoms. The van der Waals surface area contributed by atoms with Crippen molar-refractivity contribution >= 4 is 224 Å². The van der Waals surface area contributed by atoms with Gasteiger partial charge in [-0.3, -0.25) is 9.59 Å². The van der Waals surface area contributed by atoms with Crippen molar-refractivity contribution in [2.24, 2.45) is 0 Å². The molecule has 0 aliphatic rings. The largest absolute Gasteiger partial charge is 0.504 e. The Morgan fingerprint density at radius 2 is 0.740 bits per heavy atom. The van der Waals surface area contributed by atoms with Crippen molar-refractivity contribution < 1.29 is 28.8 Å². The molecule has 0 bridgehead atoms. The SMILES string of the molecule is CO/C=C\c1ccc(Cl)cc1-c1ccc2ccccc2c1.Cc1ccc2ccc3c4ccccc4ccc3c2c1.Clc1ccc2ccc3c4ccccc4ccc3c2c1.Clc1nc(-c2ccccc2)nc(-c2cccc3oc4ccccc4c23)n1.O=Cc1ccc(Cl)cc1-c1ccc2ccccc2c1.O=Cc1ccc(Cl)cc1Br.OB(O)c1ccc2ccccc2c1. The summed E-state index contributed by atoms with van der Waals surface area (Å²) in [7, 11) is 0.256. The summed E-state index contributed by atoms with van der Waals surface area (Å²) in [6.45, 7) is 2.15. The van der Waals surface area contributed by atoms with Gasteiger partial charge in [0.05, 0.1) is 13.4 Å². The number of carbonyl (C=O) groups is 2. The predicted molar refractivity (Wildman–Crippen MR) is 539 cm³/mol. The number of aldehydes is 2. The molecule has 22 aromatic rings. The van der Waals surface area contributed by atoms with E-state index in [4.69, 9.17) is 77.2 Å². The molecule has 0 unspecified atom stereocenters. The first-order valence-electron chi connectivity index (χ1n) is 40.7. The zero-order valence-electron chi connectivity index (χ0n) is 68.5. The molecule has 127 heavy (non-hydrogen) atoms. The van der Waals surface area contributed by atoms with Crippen molar-refractivity contribution in [2.75, 3.05) is 7.11 Å². The summed E-state index contributed by atoms with van der Waals surface area (Å²) < 4.78 is 11.7. The first-order chi connectivity index (χ1) is 62.0. The van der Waals surface area contributed by atoms with Crippen LogP contribution < -0.4 is 5.46 Å². The van der Waals surface area contributed by atoms with Gasteiger partial charge in [0.1, 0.15) is 11.2 Å². The minimum Gasteiger partial charge on any atom is -0.504 e. The van der Waals surface area contributed by atoms with Gasteiger partial charge in [0.15, 0.2) is 24.2 Å². The Labute approximate surface area is 767 Å².